The molecule has 4 rings (SSSR count). The minimum absolute atomic E-state index is 0.0435. The van der Waals surface area contributed by atoms with E-state index >= 15 is 0 Å². The standard InChI is InChI=1S/C19H26N2O4S/c1-13-8-17(13)18(22)21-11-19(12-21)15(6-7-26(19,23)24)9-25-10-16-5-3-4-14(2)20-16/h3-5,13,15,17H,6-12H2,1-2H3/t13-,15-,17-/m0/s1. The lowest BCUT2D eigenvalue weighted by Gasteiger charge is -2.50. The third-order valence-electron chi connectivity index (χ3n) is 6.27. The van der Waals surface area contributed by atoms with E-state index < -0.39 is 14.6 Å². The van der Waals surface area contributed by atoms with Gasteiger partial charge in [-0.1, -0.05) is 13.0 Å². The van der Waals surface area contributed by atoms with Crippen LogP contribution in [0, 0.1) is 24.7 Å². The Labute approximate surface area is 154 Å². The zero-order valence-corrected chi connectivity index (χ0v) is 16.2. The molecule has 0 bridgehead atoms. The van der Waals surface area contributed by atoms with Crippen LogP contribution < -0.4 is 0 Å². The highest BCUT2D eigenvalue weighted by Crippen LogP contribution is 2.47. The van der Waals surface area contributed by atoms with Crippen molar-refractivity contribution in [1.82, 2.24) is 9.88 Å². The number of amides is 1. The van der Waals surface area contributed by atoms with E-state index in [2.05, 4.69) is 11.9 Å². The summed E-state index contributed by atoms with van der Waals surface area (Å²) in [6.07, 6.45) is 1.55. The predicted octanol–water partition coefficient (Wildman–Crippen LogP) is 1.58. The zero-order valence-electron chi connectivity index (χ0n) is 15.3. The number of hydrogen-bond donors (Lipinski definition) is 0. The Morgan fingerprint density at radius 3 is 2.77 bits per heavy atom. The molecule has 3 heterocycles. The molecule has 7 heteroatoms. The number of ether oxygens (including phenoxy) is 1. The maximum absolute atomic E-state index is 12.7. The molecule has 1 amide bonds. The summed E-state index contributed by atoms with van der Waals surface area (Å²) in [6, 6.07) is 5.79. The molecule has 1 aliphatic carbocycles. The normalized spacial score (nSPS) is 31.0. The fourth-order valence-electron chi connectivity index (χ4n) is 4.35. The number of nitrogens with zero attached hydrogens (tertiary/aromatic N) is 2. The number of pyridine rings is 1. The molecule has 0 N–H and O–H groups in total. The van der Waals surface area contributed by atoms with E-state index in [1.807, 2.05) is 25.1 Å². The van der Waals surface area contributed by atoms with E-state index in [9.17, 15) is 13.2 Å². The quantitative estimate of drug-likeness (QED) is 0.777. The molecule has 0 radical (unpaired) electrons. The van der Waals surface area contributed by atoms with Crippen LogP contribution in [0.5, 0.6) is 0 Å². The highest BCUT2D eigenvalue weighted by molar-refractivity contribution is 7.93. The summed E-state index contributed by atoms with van der Waals surface area (Å²) in [6.45, 7) is 5.47. The van der Waals surface area contributed by atoms with Crippen LogP contribution >= 0.6 is 0 Å². The molecule has 0 unspecified atom stereocenters. The lowest BCUT2D eigenvalue weighted by molar-refractivity contribution is -0.139. The lowest BCUT2D eigenvalue weighted by atomic mass is 9.83. The van der Waals surface area contributed by atoms with Crippen molar-refractivity contribution in [1.29, 1.82) is 0 Å². The first-order valence-electron chi connectivity index (χ1n) is 9.34. The molecule has 1 saturated carbocycles. The van der Waals surface area contributed by atoms with Crippen molar-refractivity contribution in [2.75, 3.05) is 25.4 Å². The molecular formula is C19H26N2O4S. The fourth-order valence-corrected chi connectivity index (χ4v) is 6.75. The maximum atomic E-state index is 12.7. The average Bonchev–Trinajstić information content (AvgIpc) is 3.20. The molecule has 1 aromatic heterocycles. The van der Waals surface area contributed by atoms with Crippen LogP contribution in [0.3, 0.4) is 0 Å². The van der Waals surface area contributed by atoms with Crippen LogP contribution in [-0.4, -0.2) is 54.4 Å². The van der Waals surface area contributed by atoms with Gasteiger partial charge in [0, 0.05) is 30.6 Å². The Bertz CT molecular complexity index is 817. The van der Waals surface area contributed by atoms with Crippen molar-refractivity contribution in [3.63, 3.8) is 0 Å². The zero-order chi connectivity index (χ0) is 18.5. The van der Waals surface area contributed by atoms with Gasteiger partial charge in [0.1, 0.15) is 4.75 Å². The first-order valence-corrected chi connectivity index (χ1v) is 11.0. The molecule has 142 valence electrons. The molecule has 1 spiro atoms. The minimum Gasteiger partial charge on any atom is -0.375 e. The topological polar surface area (TPSA) is 76.6 Å². The highest BCUT2D eigenvalue weighted by atomic mass is 32.2. The smallest absolute Gasteiger partial charge is 0.226 e. The van der Waals surface area contributed by atoms with E-state index in [-0.39, 0.29) is 23.5 Å². The number of carbonyl (C=O) groups is 1. The highest BCUT2D eigenvalue weighted by Gasteiger charge is 2.63. The molecule has 26 heavy (non-hydrogen) atoms. The summed E-state index contributed by atoms with van der Waals surface area (Å²) in [5, 5.41) is 0. The third-order valence-corrected chi connectivity index (χ3v) is 8.87. The average molecular weight is 378 g/mol. The minimum atomic E-state index is -3.18. The van der Waals surface area contributed by atoms with Crippen molar-refractivity contribution in [3.8, 4) is 0 Å². The van der Waals surface area contributed by atoms with Crippen LogP contribution in [0.15, 0.2) is 18.2 Å². The van der Waals surface area contributed by atoms with Gasteiger partial charge in [0.15, 0.2) is 9.84 Å². The summed E-state index contributed by atoms with van der Waals surface area (Å²) in [5.41, 5.74) is 1.79. The van der Waals surface area contributed by atoms with Crippen LogP contribution in [0.2, 0.25) is 0 Å². The summed E-state index contributed by atoms with van der Waals surface area (Å²) < 4.78 is 30.4. The van der Waals surface area contributed by atoms with Crippen molar-refractivity contribution in [2.24, 2.45) is 17.8 Å². The van der Waals surface area contributed by atoms with Crippen molar-refractivity contribution >= 4 is 15.7 Å². The number of rotatable bonds is 5. The Morgan fingerprint density at radius 2 is 2.12 bits per heavy atom. The van der Waals surface area contributed by atoms with Gasteiger partial charge >= 0.3 is 0 Å². The van der Waals surface area contributed by atoms with E-state index in [1.54, 1.807) is 4.90 Å². The van der Waals surface area contributed by atoms with E-state index in [4.69, 9.17) is 4.74 Å². The van der Waals surface area contributed by atoms with Crippen molar-refractivity contribution < 1.29 is 17.9 Å². The molecule has 0 aromatic carbocycles. The molecule has 3 fully saturated rings. The van der Waals surface area contributed by atoms with E-state index in [0.29, 0.717) is 38.6 Å². The number of carbonyl (C=O) groups excluding carboxylic acids is 1. The van der Waals surface area contributed by atoms with E-state index in [0.717, 1.165) is 17.8 Å². The van der Waals surface area contributed by atoms with Gasteiger partial charge < -0.3 is 9.64 Å². The summed E-state index contributed by atoms with van der Waals surface area (Å²) in [7, 11) is -3.18. The van der Waals surface area contributed by atoms with Gasteiger partial charge in [-0.15, -0.1) is 0 Å². The number of hydrogen-bond acceptors (Lipinski definition) is 5. The van der Waals surface area contributed by atoms with Gasteiger partial charge in [-0.3, -0.25) is 9.78 Å². The lowest BCUT2D eigenvalue weighted by Crippen LogP contribution is -2.69. The number of likely N-dealkylation sites (tertiary alicyclic amines) is 1. The molecule has 3 aliphatic rings. The molecule has 2 saturated heterocycles. The number of aryl methyl sites for hydroxylation is 1. The first-order chi connectivity index (χ1) is 12.3. The molecule has 1 aromatic rings. The Balaban J connectivity index is 1.38. The van der Waals surface area contributed by atoms with Crippen LogP contribution in [0.1, 0.15) is 31.2 Å². The predicted molar refractivity (Wildman–Crippen MR) is 97.1 cm³/mol. The van der Waals surface area contributed by atoms with Crippen molar-refractivity contribution in [2.45, 2.75) is 38.0 Å². The monoisotopic (exact) mass is 378 g/mol. The van der Waals surface area contributed by atoms with E-state index in [1.165, 1.54) is 0 Å². The van der Waals surface area contributed by atoms with Crippen molar-refractivity contribution in [3.05, 3.63) is 29.6 Å². The Morgan fingerprint density at radius 1 is 1.38 bits per heavy atom. The van der Waals surface area contributed by atoms with Crippen LogP contribution in [0.25, 0.3) is 0 Å². The Kier molecular flexibility index (Phi) is 4.34. The number of aromatic nitrogens is 1. The Hall–Kier alpha value is -1.47. The van der Waals surface area contributed by atoms with Gasteiger partial charge in [0.2, 0.25) is 5.91 Å². The summed E-state index contributed by atoms with van der Waals surface area (Å²) in [4.78, 5) is 18.5. The molecule has 2 aliphatic heterocycles. The van der Waals surface area contributed by atoms with Gasteiger partial charge in [-0.25, -0.2) is 8.42 Å². The number of sulfone groups is 1. The van der Waals surface area contributed by atoms with Gasteiger partial charge in [0.05, 0.1) is 24.7 Å². The fraction of sp³-hybridized carbons (Fsp3) is 0.684. The van der Waals surface area contributed by atoms with Crippen LogP contribution in [-0.2, 0) is 26.0 Å². The van der Waals surface area contributed by atoms with Crippen LogP contribution in [0.4, 0.5) is 0 Å². The maximum Gasteiger partial charge on any atom is 0.226 e. The van der Waals surface area contributed by atoms with Gasteiger partial charge in [-0.2, -0.15) is 0 Å². The van der Waals surface area contributed by atoms with Gasteiger partial charge in [0.25, 0.3) is 0 Å². The molecule has 3 atom stereocenters. The molecule has 6 nitrogen and oxygen atoms in total. The second-order valence-corrected chi connectivity index (χ2v) is 10.6. The second kappa shape index (κ2) is 6.30. The first kappa shape index (κ1) is 17.9. The molecular weight excluding hydrogens is 352 g/mol. The summed E-state index contributed by atoms with van der Waals surface area (Å²) >= 11 is 0. The largest absolute Gasteiger partial charge is 0.375 e. The summed E-state index contributed by atoms with van der Waals surface area (Å²) in [5.74, 6) is 0.844. The third kappa shape index (κ3) is 2.95. The van der Waals surface area contributed by atoms with Gasteiger partial charge in [-0.05, 0) is 37.8 Å². The second-order valence-electron chi connectivity index (χ2n) is 8.17. The SMILES string of the molecule is Cc1cccc(COC[C@@H]2CCS(=O)(=O)C23CN(C(=O)[C@H]2C[C@@H]2C)C3)n1.